The largest absolute Gasteiger partial charge is 0.389 e. The average molecular weight is 288 g/mol. The highest BCUT2D eigenvalue weighted by Crippen LogP contribution is 2.23. The lowest BCUT2D eigenvalue weighted by Gasteiger charge is -2.21. The fourth-order valence-corrected chi connectivity index (χ4v) is 2.62. The molecule has 0 aromatic heterocycles. The molecule has 106 valence electrons. The highest BCUT2D eigenvalue weighted by Gasteiger charge is 2.27. The standard InChI is InChI=1S/C11H16N2O5S/c1-3-11(2,14)8-12-19(17,18)10-7-5-4-6-9(10)13(15)16/h4-7,12,14H,3,8H2,1-2H3. The number of para-hydroxylation sites is 1. The van der Waals surface area contributed by atoms with Gasteiger partial charge in [-0.3, -0.25) is 10.1 Å². The van der Waals surface area contributed by atoms with Crippen LogP contribution in [0.15, 0.2) is 29.2 Å². The molecule has 7 nitrogen and oxygen atoms in total. The molecule has 1 rings (SSSR count). The SMILES string of the molecule is CCC(C)(O)CNS(=O)(=O)c1ccccc1[N+](=O)[O-]. The maximum absolute atomic E-state index is 12.0. The predicted molar refractivity (Wildman–Crippen MR) is 69.2 cm³/mol. The maximum Gasteiger partial charge on any atom is 0.289 e. The Bertz CT molecular complexity index is 568. The van der Waals surface area contributed by atoms with Crippen LogP contribution in [0.1, 0.15) is 20.3 Å². The number of hydrogen-bond acceptors (Lipinski definition) is 5. The minimum Gasteiger partial charge on any atom is -0.389 e. The fourth-order valence-electron chi connectivity index (χ4n) is 1.29. The first-order chi connectivity index (χ1) is 8.69. The van der Waals surface area contributed by atoms with Crippen molar-refractivity contribution in [3.63, 3.8) is 0 Å². The molecular weight excluding hydrogens is 272 g/mol. The van der Waals surface area contributed by atoms with Crippen molar-refractivity contribution < 1.29 is 18.4 Å². The third-order valence-corrected chi connectivity index (χ3v) is 4.20. The Morgan fingerprint density at radius 2 is 2.00 bits per heavy atom. The van der Waals surface area contributed by atoms with E-state index in [4.69, 9.17) is 0 Å². The number of nitrogens with zero attached hydrogens (tertiary/aromatic N) is 1. The van der Waals surface area contributed by atoms with Crippen molar-refractivity contribution in [3.8, 4) is 0 Å². The van der Waals surface area contributed by atoms with E-state index in [-0.39, 0.29) is 6.54 Å². The highest BCUT2D eigenvalue weighted by atomic mass is 32.2. The lowest BCUT2D eigenvalue weighted by molar-refractivity contribution is -0.387. The summed E-state index contributed by atoms with van der Waals surface area (Å²) in [5.74, 6) is 0. The van der Waals surface area contributed by atoms with E-state index in [2.05, 4.69) is 4.72 Å². The van der Waals surface area contributed by atoms with Crippen molar-refractivity contribution >= 4 is 15.7 Å². The van der Waals surface area contributed by atoms with Crippen LogP contribution in [0.3, 0.4) is 0 Å². The minimum absolute atomic E-state index is 0.210. The van der Waals surface area contributed by atoms with Crippen molar-refractivity contribution in [2.24, 2.45) is 0 Å². The summed E-state index contributed by atoms with van der Waals surface area (Å²) in [5.41, 5.74) is -1.69. The van der Waals surface area contributed by atoms with Gasteiger partial charge in [-0.1, -0.05) is 19.1 Å². The molecule has 1 atom stereocenters. The number of nitro benzene ring substituents is 1. The molecule has 0 saturated carbocycles. The van der Waals surface area contributed by atoms with Crippen molar-refractivity contribution in [1.29, 1.82) is 0 Å². The molecule has 19 heavy (non-hydrogen) atoms. The van der Waals surface area contributed by atoms with Gasteiger partial charge in [-0.25, -0.2) is 13.1 Å². The molecule has 0 aliphatic carbocycles. The normalized spacial score (nSPS) is 14.9. The zero-order valence-electron chi connectivity index (χ0n) is 10.7. The summed E-state index contributed by atoms with van der Waals surface area (Å²) in [5, 5.41) is 20.5. The van der Waals surface area contributed by atoms with E-state index in [1.807, 2.05) is 0 Å². The third-order valence-electron chi connectivity index (χ3n) is 2.76. The van der Waals surface area contributed by atoms with Crippen LogP contribution in [0, 0.1) is 10.1 Å². The van der Waals surface area contributed by atoms with Gasteiger partial charge in [0.2, 0.25) is 10.0 Å². The summed E-state index contributed by atoms with van der Waals surface area (Å²) in [7, 11) is -4.03. The number of aliphatic hydroxyl groups is 1. The minimum atomic E-state index is -4.03. The van der Waals surface area contributed by atoms with E-state index < -0.39 is 31.1 Å². The monoisotopic (exact) mass is 288 g/mol. The van der Waals surface area contributed by atoms with Gasteiger partial charge in [0.25, 0.3) is 5.69 Å². The third kappa shape index (κ3) is 3.98. The van der Waals surface area contributed by atoms with E-state index in [0.29, 0.717) is 6.42 Å². The van der Waals surface area contributed by atoms with Gasteiger partial charge < -0.3 is 5.11 Å². The highest BCUT2D eigenvalue weighted by molar-refractivity contribution is 7.89. The Morgan fingerprint density at radius 1 is 1.42 bits per heavy atom. The second-order valence-electron chi connectivity index (χ2n) is 4.40. The Morgan fingerprint density at radius 3 is 2.53 bits per heavy atom. The number of hydrogen-bond donors (Lipinski definition) is 2. The number of rotatable bonds is 6. The van der Waals surface area contributed by atoms with E-state index in [1.54, 1.807) is 6.92 Å². The number of nitro groups is 1. The first-order valence-corrected chi connectivity index (χ1v) is 7.13. The molecule has 0 saturated heterocycles. The van der Waals surface area contributed by atoms with Crippen LogP contribution in [0.25, 0.3) is 0 Å². The second-order valence-corrected chi connectivity index (χ2v) is 6.14. The van der Waals surface area contributed by atoms with Crippen molar-refractivity contribution in [2.75, 3.05) is 6.54 Å². The van der Waals surface area contributed by atoms with Crippen LogP contribution < -0.4 is 4.72 Å². The topological polar surface area (TPSA) is 110 Å². The Kier molecular flexibility index (Phi) is 4.61. The van der Waals surface area contributed by atoms with Gasteiger partial charge in [-0.05, 0) is 19.4 Å². The first kappa shape index (κ1) is 15.5. The number of nitrogens with one attached hydrogen (secondary N) is 1. The van der Waals surface area contributed by atoms with E-state index in [0.717, 1.165) is 12.1 Å². The Balaban J connectivity index is 3.05. The zero-order valence-corrected chi connectivity index (χ0v) is 11.5. The molecule has 1 unspecified atom stereocenters. The van der Waals surface area contributed by atoms with Crippen LogP contribution >= 0.6 is 0 Å². The van der Waals surface area contributed by atoms with Crippen LogP contribution in [0.5, 0.6) is 0 Å². The fraction of sp³-hybridized carbons (Fsp3) is 0.455. The molecule has 0 heterocycles. The quantitative estimate of drug-likeness (QED) is 0.600. The summed E-state index contributed by atoms with van der Waals surface area (Å²) in [6.07, 6.45) is 0.354. The summed E-state index contributed by atoms with van der Waals surface area (Å²) in [6, 6.07) is 5.06. The molecule has 0 amide bonds. The van der Waals surface area contributed by atoms with Crippen LogP contribution in [-0.4, -0.2) is 30.6 Å². The molecule has 0 aliphatic heterocycles. The van der Waals surface area contributed by atoms with Gasteiger partial charge in [-0.15, -0.1) is 0 Å². The van der Waals surface area contributed by atoms with Crippen LogP contribution in [0.2, 0.25) is 0 Å². The smallest absolute Gasteiger partial charge is 0.289 e. The summed E-state index contributed by atoms with van der Waals surface area (Å²) in [6.45, 7) is 2.98. The van der Waals surface area contributed by atoms with E-state index in [9.17, 15) is 23.6 Å². The van der Waals surface area contributed by atoms with Gasteiger partial charge in [0, 0.05) is 12.6 Å². The molecule has 0 spiro atoms. The predicted octanol–water partition coefficient (Wildman–Crippen LogP) is 1.03. The van der Waals surface area contributed by atoms with E-state index in [1.165, 1.54) is 19.1 Å². The Hall–Kier alpha value is -1.51. The van der Waals surface area contributed by atoms with Gasteiger partial charge in [0.05, 0.1) is 10.5 Å². The summed E-state index contributed by atoms with van der Waals surface area (Å²) >= 11 is 0. The average Bonchev–Trinajstić information content (AvgIpc) is 2.37. The molecule has 1 aromatic rings. The van der Waals surface area contributed by atoms with Gasteiger partial charge >= 0.3 is 0 Å². The zero-order chi connectivity index (χ0) is 14.7. The maximum atomic E-state index is 12.0. The van der Waals surface area contributed by atoms with Gasteiger partial charge in [0.1, 0.15) is 0 Å². The van der Waals surface area contributed by atoms with Gasteiger partial charge in [0.15, 0.2) is 4.90 Å². The molecule has 2 N–H and O–H groups in total. The number of benzene rings is 1. The molecular formula is C11H16N2O5S. The summed E-state index contributed by atoms with van der Waals surface area (Å²) in [4.78, 5) is 9.62. The molecule has 8 heteroatoms. The molecule has 0 bridgehead atoms. The lowest BCUT2D eigenvalue weighted by atomic mass is 10.1. The first-order valence-electron chi connectivity index (χ1n) is 5.65. The molecule has 1 aromatic carbocycles. The van der Waals surface area contributed by atoms with Crippen LogP contribution in [-0.2, 0) is 10.0 Å². The van der Waals surface area contributed by atoms with Crippen molar-refractivity contribution in [3.05, 3.63) is 34.4 Å². The Labute approximate surface area is 111 Å². The second kappa shape index (κ2) is 5.64. The van der Waals surface area contributed by atoms with E-state index >= 15 is 0 Å². The van der Waals surface area contributed by atoms with Gasteiger partial charge in [-0.2, -0.15) is 0 Å². The van der Waals surface area contributed by atoms with Crippen LogP contribution in [0.4, 0.5) is 5.69 Å². The van der Waals surface area contributed by atoms with Crippen molar-refractivity contribution in [2.45, 2.75) is 30.8 Å². The molecule has 0 fully saturated rings. The molecule has 0 aliphatic rings. The number of sulfonamides is 1. The van der Waals surface area contributed by atoms with Crippen molar-refractivity contribution in [1.82, 2.24) is 4.72 Å². The molecule has 0 radical (unpaired) electrons. The summed E-state index contributed by atoms with van der Waals surface area (Å²) < 4.78 is 26.2. The lowest BCUT2D eigenvalue weighted by Crippen LogP contribution is -2.40.